The Morgan fingerprint density at radius 2 is 0.735 bits per heavy atom. The van der Waals surface area contributed by atoms with E-state index in [-0.39, 0.29) is 5.41 Å². The third-order valence-electron chi connectivity index (χ3n) is 14.3. The van der Waals surface area contributed by atoms with Crippen LogP contribution in [-0.4, -0.2) is 0 Å². The Labute approximate surface area is 396 Å². The van der Waals surface area contributed by atoms with E-state index < -0.39 is 0 Å². The number of benzene rings is 11. The smallest absolute Gasteiger partial charge is 0.135 e. The van der Waals surface area contributed by atoms with Crippen molar-refractivity contribution in [2.24, 2.45) is 0 Å². The van der Waals surface area contributed by atoms with Crippen LogP contribution >= 0.6 is 0 Å². The van der Waals surface area contributed by atoms with Gasteiger partial charge in [0.25, 0.3) is 0 Å². The summed E-state index contributed by atoms with van der Waals surface area (Å²) in [4.78, 5) is 4.79. The maximum atomic E-state index is 6.24. The van der Waals surface area contributed by atoms with Crippen LogP contribution in [0.15, 0.2) is 247 Å². The molecule has 1 aliphatic rings. The molecule has 1 aliphatic carbocycles. The van der Waals surface area contributed by atoms with Crippen LogP contribution < -0.4 is 9.80 Å². The fourth-order valence-electron chi connectivity index (χ4n) is 10.8. The summed E-state index contributed by atoms with van der Waals surface area (Å²) >= 11 is 0. The third-order valence-corrected chi connectivity index (χ3v) is 14.3. The molecule has 1 aromatic heterocycles. The van der Waals surface area contributed by atoms with Gasteiger partial charge in [0, 0.05) is 49.7 Å². The van der Waals surface area contributed by atoms with Crippen LogP contribution in [0, 0.1) is 0 Å². The van der Waals surface area contributed by atoms with E-state index in [9.17, 15) is 0 Å². The summed E-state index contributed by atoms with van der Waals surface area (Å²) in [6.07, 6.45) is 0. The maximum Gasteiger partial charge on any atom is 0.135 e. The van der Waals surface area contributed by atoms with Gasteiger partial charge in [-0.15, -0.1) is 0 Å². The van der Waals surface area contributed by atoms with Gasteiger partial charge in [0.15, 0.2) is 0 Å². The fraction of sp³-hybridized carbons (Fsp3) is 0.0462. The molecule has 0 bridgehead atoms. The average molecular weight is 871 g/mol. The monoisotopic (exact) mass is 870 g/mol. The molecule has 322 valence electrons. The zero-order chi connectivity index (χ0) is 45.3. The molecule has 0 radical (unpaired) electrons. The molecule has 12 aromatic rings. The van der Waals surface area contributed by atoms with E-state index in [0.717, 1.165) is 61.6 Å². The molecule has 0 saturated heterocycles. The lowest BCUT2D eigenvalue weighted by Crippen LogP contribution is -2.16. The Morgan fingerprint density at radius 1 is 0.309 bits per heavy atom. The first kappa shape index (κ1) is 39.7. The van der Waals surface area contributed by atoms with Gasteiger partial charge in [-0.3, -0.25) is 0 Å². The predicted molar refractivity (Wildman–Crippen MR) is 287 cm³/mol. The van der Waals surface area contributed by atoms with Crippen LogP contribution in [0.1, 0.15) is 25.0 Å². The van der Waals surface area contributed by atoms with Crippen LogP contribution in [0.25, 0.3) is 76.9 Å². The van der Waals surface area contributed by atoms with Crippen molar-refractivity contribution in [3.63, 3.8) is 0 Å². The normalized spacial score (nSPS) is 12.7. The number of anilines is 6. The molecule has 0 amide bonds. The van der Waals surface area contributed by atoms with E-state index in [0.29, 0.717) is 0 Å². The van der Waals surface area contributed by atoms with Gasteiger partial charge in [0.1, 0.15) is 11.2 Å². The summed E-state index contributed by atoms with van der Waals surface area (Å²) in [5, 5.41) is 7.06. The first-order valence-electron chi connectivity index (χ1n) is 23.5. The Morgan fingerprint density at radius 3 is 1.34 bits per heavy atom. The SMILES string of the molecule is CC1(C)c2ccccc2-c2ccc(N(c3ccc(-c4ccc(-c5ccc(N(c6ccc7oc8ccccc8c7c6)c6cccc7ccccc67)cc5)cc4)cc3)c3cccc4ccccc34)cc21. The highest BCUT2D eigenvalue weighted by atomic mass is 16.3. The Bertz CT molecular complexity index is 3870. The van der Waals surface area contributed by atoms with Crippen LogP contribution in [0.5, 0.6) is 0 Å². The van der Waals surface area contributed by atoms with Crippen LogP contribution in [0.3, 0.4) is 0 Å². The fourth-order valence-corrected chi connectivity index (χ4v) is 10.8. The first-order valence-corrected chi connectivity index (χ1v) is 23.5. The lowest BCUT2D eigenvalue weighted by atomic mass is 9.82. The zero-order valence-corrected chi connectivity index (χ0v) is 37.9. The number of hydrogen-bond donors (Lipinski definition) is 0. The number of hydrogen-bond acceptors (Lipinski definition) is 3. The van der Waals surface area contributed by atoms with E-state index in [1.807, 2.05) is 12.1 Å². The number of para-hydroxylation sites is 1. The average Bonchev–Trinajstić information content (AvgIpc) is 3.88. The second-order valence-corrected chi connectivity index (χ2v) is 18.5. The summed E-state index contributed by atoms with van der Waals surface area (Å²) < 4.78 is 6.24. The van der Waals surface area contributed by atoms with Gasteiger partial charge in [-0.1, -0.05) is 184 Å². The van der Waals surface area contributed by atoms with Crippen molar-refractivity contribution in [2.45, 2.75) is 19.3 Å². The van der Waals surface area contributed by atoms with Gasteiger partial charge in [0.05, 0.1) is 11.4 Å². The number of furan rings is 1. The molecular formula is C65H46N2O. The van der Waals surface area contributed by atoms with E-state index in [2.05, 4.69) is 254 Å². The molecule has 0 N–H and O–H groups in total. The van der Waals surface area contributed by atoms with Gasteiger partial charge in [-0.05, 0) is 128 Å². The zero-order valence-electron chi connectivity index (χ0n) is 37.9. The number of rotatable bonds is 8. The molecule has 13 rings (SSSR count). The van der Waals surface area contributed by atoms with Crippen molar-refractivity contribution in [3.05, 3.63) is 254 Å². The van der Waals surface area contributed by atoms with Gasteiger partial charge in [-0.25, -0.2) is 0 Å². The van der Waals surface area contributed by atoms with Crippen LogP contribution in [0.2, 0.25) is 0 Å². The van der Waals surface area contributed by atoms with Gasteiger partial charge >= 0.3 is 0 Å². The second kappa shape index (κ2) is 15.8. The Hall–Kier alpha value is -8.66. The lowest BCUT2D eigenvalue weighted by Gasteiger charge is -2.29. The Balaban J connectivity index is 0.826. The third kappa shape index (κ3) is 6.50. The van der Waals surface area contributed by atoms with Gasteiger partial charge in [0.2, 0.25) is 0 Å². The summed E-state index contributed by atoms with van der Waals surface area (Å²) in [7, 11) is 0. The van der Waals surface area contributed by atoms with Crippen molar-refractivity contribution in [3.8, 4) is 33.4 Å². The molecule has 1 heterocycles. The minimum atomic E-state index is -0.103. The van der Waals surface area contributed by atoms with Gasteiger partial charge in [-0.2, -0.15) is 0 Å². The summed E-state index contributed by atoms with van der Waals surface area (Å²) in [5.41, 5.74) is 18.5. The second-order valence-electron chi connectivity index (χ2n) is 18.5. The van der Waals surface area contributed by atoms with E-state index in [4.69, 9.17) is 4.42 Å². The van der Waals surface area contributed by atoms with Crippen LogP contribution in [-0.2, 0) is 5.41 Å². The van der Waals surface area contributed by atoms with E-state index in [1.165, 1.54) is 60.5 Å². The largest absolute Gasteiger partial charge is 0.456 e. The predicted octanol–water partition coefficient (Wildman–Crippen LogP) is 18.5. The number of nitrogens with zero attached hydrogens (tertiary/aromatic N) is 2. The molecule has 0 aliphatic heterocycles. The van der Waals surface area contributed by atoms with Gasteiger partial charge < -0.3 is 14.2 Å². The highest BCUT2D eigenvalue weighted by Gasteiger charge is 2.36. The maximum absolute atomic E-state index is 6.24. The molecule has 0 fully saturated rings. The molecule has 3 nitrogen and oxygen atoms in total. The van der Waals surface area contributed by atoms with Crippen molar-refractivity contribution in [2.75, 3.05) is 9.80 Å². The molecule has 68 heavy (non-hydrogen) atoms. The first-order chi connectivity index (χ1) is 33.5. The summed E-state index contributed by atoms with van der Waals surface area (Å²) in [6.45, 7) is 4.71. The molecule has 0 unspecified atom stereocenters. The van der Waals surface area contributed by atoms with Crippen molar-refractivity contribution in [1.29, 1.82) is 0 Å². The summed E-state index contributed by atoms with van der Waals surface area (Å²) in [5.74, 6) is 0. The Kier molecular flexibility index (Phi) is 9.19. The minimum Gasteiger partial charge on any atom is -0.456 e. The standard InChI is InChI=1S/C65H46N2O/c1-65(2)59-21-9-7-19-55(59)56-39-37-52(42-60(56)65)67(62-23-12-16-48-14-4-6-18-54(48)62)50-35-31-46(32-36-50)44-27-25-43(26-28-44)45-29-33-49(34-30-45)66(61-22-11-15-47-13-3-5-17-53(47)61)51-38-40-64-58(41-51)57-20-8-10-24-63(57)68-64/h3-42H,1-2H3. The molecule has 0 spiro atoms. The lowest BCUT2D eigenvalue weighted by molar-refractivity contribution is 0.660. The molecular weight excluding hydrogens is 825 g/mol. The molecule has 0 saturated carbocycles. The molecule has 3 heteroatoms. The molecule has 11 aromatic carbocycles. The highest BCUT2D eigenvalue weighted by molar-refractivity contribution is 6.08. The van der Waals surface area contributed by atoms with Crippen molar-refractivity contribution < 1.29 is 4.42 Å². The quantitative estimate of drug-likeness (QED) is 0.152. The minimum absolute atomic E-state index is 0.103. The molecule has 0 atom stereocenters. The number of fused-ring (bicyclic) bond motifs is 8. The van der Waals surface area contributed by atoms with Crippen LogP contribution in [0.4, 0.5) is 34.1 Å². The highest BCUT2D eigenvalue weighted by Crippen LogP contribution is 2.51. The van der Waals surface area contributed by atoms with E-state index in [1.54, 1.807) is 0 Å². The van der Waals surface area contributed by atoms with Crippen molar-refractivity contribution >= 4 is 77.6 Å². The topological polar surface area (TPSA) is 19.6 Å². The van der Waals surface area contributed by atoms with Crippen molar-refractivity contribution in [1.82, 2.24) is 0 Å². The van der Waals surface area contributed by atoms with E-state index >= 15 is 0 Å². The summed E-state index contributed by atoms with van der Waals surface area (Å²) in [6, 6.07) is 88.2.